The van der Waals surface area contributed by atoms with Gasteiger partial charge in [0.1, 0.15) is 5.82 Å². The monoisotopic (exact) mass is 229 g/mol. The molecule has 0 saturated carbocycles. The summed E-state index contributed by atoms with van der Waals surface area (Å²) in [4.78, 5) is 24.8. The van der Waals surface area contributed by atoms with Gasteiger partial charge in [0.2, 0.25) is 0 Å². The molecule has 1 aliphatic heterocycles. The first-order chi connectivity index (χ1) is 8.09. The molecule has 0 atom stereocenters. The third-order valence-corrected chi connectivity index (χ3v) is 3.01. The Labute approximate surface area is 96.5 Å². The average molecular weight is 229 g/mol. The molecule has 0 saturated heterocycles. The van der Waals surface area contributed by atoms with E-state index in [0.717, 1.165) is 4.90 Å². The van der Waals surface area contributed by atoms with Gasteiger partial charge >= 0.3 is 0 Å². The van der Waals surface area contributed by atoms with Crippen molar-refractivity contribution in [2.45, 2.75) is 0 Å². The predicted octanol–water partition coefficient (Wildman–Crippen LogP) is 2.20. The molecule has 0 unspecified atom stereocenters. The molecule has 1 aliphatic rings. The number of rotatable bonds is 0. The number of benzene rings is 2. The molecule has 4 heteroatoms. The standard InChI is InChI=1S/C13H8FNO2/c1-15-12(16)9-4-2-3-7-5-8(14)6-10(11(7)9)13(15)17/h2-6H,1H3. The minimum atomic E-state index is -0.472. The second kappa shape index (κ2) is 3.13. The van der Waals surface area contributed by atoms with Gasteiger partial charge in [0.25, 0.3) is 11.8 Å². The van der Waals surface area contributed by atoms with Gasteiger partial charge in [0.15, 0.2) is 0 Å². The number of imide groups is 1. The summed E-state index contributed by atoms with van der Waals surface area (Å²) >= 11 is 0. The van der Waals surface area contributed by atoms with Gasteiger partial charge in [-0.3, -0.25) is 14.5 Å². The van der Waals surface area contributed by atoms with Crippen molar-refractivity contribution in [1.29, 1.82) is 0 Å². The smallest absolute Gasteiger partial charge is 0.261 e. The Kier molecular flexibility index (Phi) is 1.84. The molecular weight excluding hydrogens is 221 g/mol. The van der Waals surface area contributed by atoms with Crippen molar-refractivity contribution in [3.8, 4) is 0 Å². The summed E-state index contributed by atoms with van der Waals surface area (Å²) in [5.74, 6) is -1.28. The third kappa shape index (κ3) is 1.21. The third-order valence-electron chi connectivity index (χ3n) is 3.01. The van der Waals surface area contributed by atoms with E-state index in [-0.39, 0.29) is 11.5 Å². The van der Waals surface area contributed by atoms with Gasteiger partial charge in [-0.25, -0.2) is 4.39 Å². The molecule has 0 N–H and O–H groups in total. The highest BCUT2D eigenvalue weighted by Crippen LogP contribution is 2.30. The average Bonchev–Trinajstić information content (AvgIpc) is 2.32. The van der Waals surface area contributed by atoms with Gasteiger partial charge < -0.3 is 0 Å². The van der Waals surface area contributed by atoms with Gasteiger partial charge in [0, 0.05) is 18.0 Å². The number of carbonyl (C=O) groups is 2. The lowest BCUT2D eigenvalue weighted by Gasteiger charge is -2.23. The van der Waals surface area contributed by atoms with Crippen LogP contribution in [0.2, 0.25) is 0 Å². The molecule has 2 aromatic carbocycles. The lowest BCUT2D eigenvalue weighted by molar-refractivity contribution is 0.0650. The summed E-state index contributed by atoms with van der Waals surface area (Å²) in [7, 11) is 1.40. The topological polar surface area (TPSA) is 37.4 Å². The Morgan fingerprint density at radius 1 is 1.06 bits per heavy atom. The van der Waals surface area contributed by atoms with Gasteiger partial charge in [-0.15, -0.1) is 0 Å². The van der Waals surface area contributed by atoms with Crippen molar-refractivity contribution in [2.24, 2.45) is 0 Å². The molecule has 0 spiro atoms. The SMILES string of the molecule is CN1C(=O)c2cccc3cc(F)cc(c23)C1=O. The van der Waals surface area contributed by atoms with Crippen LogP contribution in [0.5, 0.6) is 0 Å². The fraction of sp³-hybridized carbons (Fsp3) is 0.0769. The Bertz CT molecular complexity index is 678. The van der Waals surface area contributed by atoms with Crippen LogP contribution in [0.4, 0.5) is 4.39 Å². The van der Waals surface area contributed by atoms with E-state index < -0.39 is 11.7 Å². The van der Waals surface area contributed by atoms with Gasteiger partial charge in [0.05, 0.1) is 5.56 Å². The zero-order chi connectivity index (χ0) is 12.2. The first-order valence-electron chi connectivity index (χ1n) is 5.14. The summed E-state index contributed by atoms with van der Waals surface area (Å²) < 4.78 is 13.4. The number of hydrogen-bond donors (Lipinski definition) is 0. The fourth-order valence-corrected chi connectivity index (χ4v) is 2.19. The Hall–Kier alpha value is -2.23. The summed E-state index contributed by atoms with van der Waals surface area (Å²) in [6, 6.07) is 7.53. The Balaban J connectivity index is 2.53. The molecule has 1 heterocycles. The van der Waals surface area contributed by atoms with Crippen LogP contribution in [-0.2, 0) is 0 Å². The number of amides is 2. The molecule has 0 aromatic heterocycles. The van der Waals surface area contributed by atoms with Crippen LogP contribution in [0.3, 0.4) is 0 Å². The Morgan fingerprint density at radius 3 is 2.53 bits per heavy atom. The molecule has 2 aromatic rings. The van der Waals surface area contributed by atoms with Gasteiger partial charge in [-0.2, -0.15) is 0 Å². The van der Waals surface area contributed by atoms with Crippen molar-refractivity contribution >= 4 is 22.6 Å². The van der Waals surface area contributed by atoms with Crippen LogP contribution in [0.15, 0.2) is 30.3 Å². The highest BCUT2D eigenvalue weighted by atomic mass is 19.1. The van der Waals surface area contributed by atoms with Crippen LogP contribution < -0.4 is 0 Å². The van der Waals surface area contributed by atoms with Gasteiger partial charge in [-0.05, 0) is 23.6 Å². The zero-order valence-electron chi connectivity index (χ0n) is 9.03. The van der Waals surface area contributed by atoms with E-state index >= 15 is 0 Å². The van der Waals surface area contributed by atoms with Gasteiger partial charge in [-0.1, -0.05) is 12.1 Å². The van der Waals surface area contributed by atoms with E-state index in [1.54, 1.807) is 18.2 Å². The quantitative estimate of drug-likeness (QED) is 0.649. The van der Waals surface area contributed by atoms with Crippen molar-refractivity contribution in [2.75, 3.05) is 7.05 Å². The van der Waals surface area contributed by atoms with E-state index in [2.05, 4.69) is 0 Å². The molecule has 0 aliphatic carbocycles. The van der Waals surface area contributed by atoms with Crippen LogP contribution >= 0.6 is 0 Å². The van der Waals surface area contributed by atoms with Crippen LogP contribution in [-0.4, -0.2) is 23.8 Å². The lowest BCUT2D eigenvalue weighted by atomic mass is 9.94. The Morgan fingerprint density at radius 2 is 1.76 bits per heavy atom. The van der Waals surface area contributed by atoms with E-state index in [4.69, 9.17) is 0 Å². The van der Waals surface area contributed by atoms with E-state index in [1.807, 2.05) is 0 Å². The molecule has 0 fully saturated rings. The second-order valence-electron chi connectivity index (χ2n) is 4.03. The van der Waals surface area contributed by atoms with E-state index in [9.17, 15) is 14.0 Å². The minimum absolute atomic E-state index is 0.248. The largest absolute Gasteiger partial charge is 0.277 e. The fourth-order valence-electron chi connectivity index (χ4n) is 2.19. The maximum atomic E-state index is 13.4. The van der Waals surface area contributed by atoms with Crippen molar-refractivity contribution in [3.05, 3.63) is 47.3 Å². The number of hydrogen-bond acceptors (Lipinski definition) is 2. The molecule has 2 amide bonds. The summed E-state index contributed by atoms with van der Waals surface area (Å²) in [5, 5.41) is 1.12. The first-order valence-corrected chi connectivity index (χ1v) is 5.14. The first kappa shape index (κ1) is 9.96. The van der Waals surface area contributed by atoms with Crippen LogP contribution in [0.1, 0.15) is 20.7 Å². The van der Waals surface area contributed by atoms with Crippen molar-refractivity contribution in [1.82, 2.24) is 4.90 Å². The molecule has 84 valence electrons. The highest BCUT2D eigenvalue weighted by molar-refractivity contribution is 6.25. The van der Waals surface area contributed by atoms with Crippen molar-refractivity contribution < 1.29 is 14.0 Å². The summed E-state index contributed by atoms with van der Waals surface area (Å²) in [6.45, 7) is 0. The lowest BCUT2D eigenvalue weighted by Crippen LogP contribution is -2.36. The molecule has 0 bridgehead atoms. The summed E-state index contributed by atoms with van der Waals surface area (Å²) in [6.07, 6.45) is 0. The molecule has 3 nitrogen and oxygen atoms in total. The predicted molar refractivity (Wildman–Crippen MR) is 60.3 cm³/mol. The number of nitrogens with zero attached hydrogens (tertiary/aromatic N) is 1. The summed E-state index contributed by atoms with van der Waals surface area (Å²) in [5.41, 5.74) is 0.692. The molecule has 17 heavy (non-hydrogen) atoms. The molecule has 3 rings (SSSR count). The number of halogens is 1. The van der Waals surface area contributed by atoms with Crippen molar-refractivity contribution in [3.63, 3.8) is 0 Å². The molecular formula is C13H8FNO2. The zero-order valence-corrected chi connectivity index (χ0v) is 9.03. The maximum Gasteiger partial charge on any atom is 0.261 e. The van der Waals surface area contributed by atoms with Crippen LogP contribution in [0.25, 0.3) is 10.8 Å². The minimum Gasteiger partial charge on any atom is -0.277 e. The second-order valence-corrected chi connectivity index (χ2v) is 4.03. The highest BCUT2D eigenvalue weighted by Gasteiger charge is 2.30. The van der Waals surface area contributed by atoms with Crippen LogP contribution in [0, 0.1) is 5.82 Å². The van der Waals surface area contributed by atoms with E-state index in [0.29, 0.717) is 16.3 Å². The number of carbonyl (C=O) groups excluding carboxylic acids is 2. The molecule has 0 radical (unpaired) electrons. The normalized spacial score (nSPS) is 14.6. The van der Waals surface area contributed by atoms with E-state index in [1.165, 1.54) is 19.2 Å². The maximum absolute atomic E-state index is 13.4.